The summed E-state index contributed by atoms with van der Waals surface area (Å²) >= 11 is 0. The number of carbonyl (C=O) groups excluding carboxylic acids is 1. The smallest absolute Gasteiger partial charge is 0.240 e. The van der Waals surface area contributed by atoms with Crippen molar-refractivity contribution in [3.63, 3.8) is 0 Å². The summed E-state index contributed by atoms with van der Waals surface area (Å²) in [6.45, 7) is 2.82. The van der Waals surface area contributed by atoms with Gasteiger partial charge in [0.2, 0.25) is 15.9 Å². The number of methoxy groups -OCH3 is 1. The monoisotopic (exact) mass is 338 g/mol. The fraction of sp³-hybridized carbons (Fsp3) is 0.562. The quantitative estimate of drug-likeness (QED) is 0.876. The first-order chi connectivity index (χ1) is 10.9. The van der Waals surface area contributed by atoms with Crippen LogP contribution in [0, 0.1) is 0 Å². The van der Waals surface area contributed by atoms with Crippen molar-refractivity contribution in [1.29, 1.82) is 0 Å². The van der Waals surface area contributed by atoms with Crippen LogP contribution in [0.4, 0.5) is 5.69 Å². The minimum atomic E-state index is -3.59. The fourth-order valence-corrected chi connectivity index (χ4v) is 4.72. The van der Waals surface area contributed by atoms with Gasteiger partial charge in [0.15, 0.2) is 0 Å². The number of hydrogen-bond acceptors (Lipinski definition) is 4. The Bertz CT molecular complexity index is 713. The molecule has 6 nitrogen and oxygen atoms in total. The number of rotatable bonds is 5. The average Bonchev–Trinajstić information content (AvgIpc) is 2.50. The van der Waals surface area contributed by atoms with Crippen molar-refractivity contribution in [1.82, 2.24) is 4.72 Å². The van der Waals surface area contributed by atoms with Crippen molar-refractivity contribution in [2.24, 2.45) is 0 Å². The lowest BCUT2D eigenvalue weighted by Gasteiger charge is -2.35. The van der Waals surface area contributed by atoms with E-state index in [2.05, 4.69) is 4.72 Å². The highest BCUT2D eigenvalue weighted by atomic mass is 32.2. The lowest BCUT2D eigenvalue weighted by molar-refractivity contribution is -0.119. The Morgan fingerprint density at radius 2 is 1.96 bits per heavy atom. The number of amides is 1. The maximum Gasteiger partial charge on any atom is 0.240 e. The van der Waals surface area contributed by atoms with Gasteiger partial charge >= 0.3 is 0 Å². The fourth-order valence-electron chi connectivity index (χ4n) is 3.39. The number of aryl methyl sites for hydroxylation is 2. The standard InChI is InChI=1S/C16H22N2O4S/c1-11(10-22-2)17-23(20,21)14-8-12-4-3-7-18-15(19)6-5-13(9-14)16(12)18/h8-9,11,17H,3-7,10H2,1-2H3/t11-/m0/s1. The van der Waals surface area contributed by atoms with E-state index in [4.69, 9.17) is 4.74 Å². The molecule has 1 aromatic rings. The van der Waals surface area contributed by atoms with Crippen LogP contribution in [0.15, 0.2) is 17.0 Å². The molecule has 0 aliphatic carbocycles. The molecule has 0 spiro atoms. The number of carbonyl (C=O) groups is 1. The van der Waals surface area contributed by atoms with Gasteiger partial charge in [0, 0.05) is 26.1 Å². The van der Waals surface area contributed by atoms with Crippen LogP contribution in [-0.4, -0.2) is 40.6 Å². The van der Waals surface area contributed by atoms with Crippen LogP contribution in [0.1, 0.15) is 30.9 Å². The van der Waals surface area contributed by atoms with Gasteiger partial charge in [-0.2, -0.15) is 0 Å². The Balaban J connectivity index is 1.98. The van der Waals surface area contributed by atoms with Gasteiger partial charge in [-0.25, -0.2) is 13.1 Å². The highest BCUT2D eigenvalue weighted by Gasteiger charge is 2.31. The SMILES string of the molecule is COC[C@H](C)NS(=O)(=O)c1cc2c3c(c1)CCC(=O)N3CCC2. The molecule has 0 radical (unpaired) electrons. The highest BCUT2D eigenvalue weighted by molar-refractivity contribution is 7.89. The van der Waals surface area contributed by atoms with Crippen LogP contribution >= 0.6 is 0 Å². The van der Waals surface area contributed by atoms with Gasteiger partial charge in [0.05, 0.1) is 17.2 Å². The molecule has 126 valence electrons. The molecule has 1 amide bonds. The van der Waals surface area contributed by atoms with Crippen molar-refractivity contribution in [3.8, 4) is 0 Å². The second-order valence-electron chi connectivity index (χ2n) is 6.22. The number of ether oxygens (including phenoxy) is 1. The van der Waals surface area contributed by atoms with E-state index < -0.39 is 10.0 Å². The molecule has 0 saturated heterocycles. The Hall–Kier alpha value is -1.44. The van der Waals surface area contributed by atoms with Gasteiger partial charge < -0.3 is 9.64 Å². The number of hydrogen-bond donors (Lipinski definition) is 1. The zero-order chi connectivity index (χ0) is 16.6. The number of nitrogens with zero attached hydrogens (tertiary/aromatic N) is 1. The molecule has 0 saturated carbocycles. The summed E-state index contributed by atoms with van der Waals surface area (Å²) in [5, 5.41) is 0. The van der Waals surface area contributed by atoms with Crippen LogP contribution in [-0.2, 0) is 32.4 Å². The maximum absolute atomic E-state index is 12.6. The van der Waals surface area contributed by atoms with Crippen LogP contribution in [0.25, 0.3) is 0 Å². The minimum absolute atomic E-state index is 0.140. The van der Waals surface area contributed by atoms with E-state index in [0.29, 0.717) is 19.4 Å². The second-order valence-corrected chi connectivity index (χ2v) is 7.93. The molecule has 3 rings (SSSR count). The second kappa shape index (κ2) is 6.22. The van der Waals surface area contributed by atoms with Crippen molar-refractivity contribution >= 4 is 21.6 Å². The maximum atomic E-state index is 12.6. The van der Waals surface area contributed by atoms with Crippen LogP contribution in [0.2, 0.25) is 0 Å². The molecular formula is C16H22N2O4S. The number of anilines is 1. The minimum Gasteiger partial charge on any atom is -0.383 e. The largest absolute Gasteiger partial charge is 0.383 e. The lowest BCUT2D eigenvalue weighted by atomic mass is 9.92. The van der Waals surface area contributed by atoms with Gasteiger partial charge in [-0.3, -0.25) is 4.79 Å². The predicted molar refractivity (Wildman–Crippen MR) is 87.1 cm³/mol. The Labute approximate surface area is 136 Å². The first-order valence-electron chi connectivity index (χ1n) is 7.90. The van der Waals surface area contributed by atoms with E-state index in [1.165, 1.54) is 0 Å². The zero-order valence-electron chi connectivity index (χ0n) is 13.5. The van der Waals surface area contributed by atoms with Crippen molar-refractivity contribution in [2.75, 3.05) is 25.2 Å². The molecule has 7 heteroatoms. The summed E-state index contributed by atoms with van der Waals surface area (Å²) < 4.78 is 32.8. The molecule has 1 N–H and O–H groups in total. The van der Waals surface area contributed by atoms with E-state index >= 15 is 0 Å². The molecule has 23 heavy (non-hydrogen) atoms. The molecule has 2 heterocycles. The van der Waals surface area contributed by atoms with Crippen molar-refractivity contribution in [3.05, 3.63) is 23.3 Å². The summed E-state index contributed by atoms with van der Waals surface area (Å²) in [5.74, 6) is 0.140. The highest BCUT2D eigenvalue weighted by Crippen LogP contribution is 2.37. The third-order valence-electron chi connectivity index (χ3n) is 4.33. The average molecular weight is 338 g/mol. The third kappa shape index (κ3) is 3.13. The molecule has 0 aromatic heterocycles. The summed E-state index contributed by atoms with van der Waals surface area (Å²) in [4.78, 5) is 14.2. The first kappa shape index (κ1) is 16.4. The Kier molecular flexibility index (Phi) is 4.44. The third-order valence-corrected chi connectivity index (χ3v) is 5.90. The van der Waals surface area contributed by atoms with Crippen molar-refractivity contribution < 1.29 is 17.9 Å². The van der Waals surface area contributed by atoms with Gasteiger partial charge in [0.25, 0.3) is 0 Å². The molecule has 0 unspecified atom stereocenters. The number of benzene rings is 1. The zero-order valence-corrected chi connectivity index (χ0v) is 14.3. The first-order valence-corrected chi connectivity index (χ1v) is 9.38. The summed E-state index contributed by atoms with van der Waals surface area (Å²) in [6, 6.07) is 3.13. The van der Waals surface area contributed by atoms with E-state index in [9.17, 15) is 13.2 Å². The molecule has 0 fully saturated rings. The van der Waals surface area contributed by atoms with Gasteiger partial charge in [-0.15, -0.1) is 0 Å². The van der Waals surface area contributed by atoms with Crippen molar-refractivity contribution in [2.45, 2.75) is 43.5 Å². The van der Waals surface area contributed by atoms with Crippen LogP contribution < -0.4 is 9.62 Å². The summed E-state index contributed by atoms with van der Waals surface area (Å²) in [5.41, 5.74) is 2.86. The molecule has 2 aliphatic heterocycles. The summed E-state index contributed by atoms with van der Waals surface area (Å²) in [6.07, 6.45) is 2.73. The van der Waals surface area contributed by atoms with Gasteiger partial charge in [-0.05, 0) is 49.4 Å². The molecule has 1 atom stereocenters. The Morgan fingerprint density at radius 1 is 1.26 bits per heavy atom. The normalized spacial score (nSPS) is 18.7. The van der Waals surface area contributed by atoms with E-state index in [-0.39, 0.29) is 16.8 Å². The predicted octanol–water partition coefficient (Wildman–Crippen LogP) is 1.23. The molecule has 2 aliphatic rings. The van der Waals surface area contributed by atoms with E-state index in [1.54, 1.807) is 26.2 Å². The molecule has 0 bridgehead atoms. The molecule has 1 aromatic carbocycles. The number of sulfonamides is 1. The van der Waals surface area contributed by atoms with E-state index in [1.807, 2.05) is 4.90 Å². The van der Waals surface area contributed by atoms with E-state index in [0.717, 1.165) is 36.2 Å². The Morgan fingerprint density at radius 3 is 2.65 bits per heavy atom. The van der Waals surface area contributed by atoms with Crippen LogP contribution in [0.3, 0.4) is 0 Å². The summed E-state index contributed by atoms with van der Waals surface area (Å²) in [7, 11) is -2.05. The van der Waals surface area contributed by atoms with Crippen LogP contribution in [0.5, 0.6) is 0 Å². The number of nitrogens with one attached hydrogen (secondary N) is 1. The topological polar surface area (TPSA) is 75.7 Å². The van der Waals surface area contributed by atoms with Gasteiger partial charge in [-0.1, -0.05) is 0 Å². The molecular weight excluding hydrogens is 316 g/mol. The van der Waals surface area contributed by atoms with Gasteiger partial charge in [0.1, 0.15) is 0 Å². The lowest BCUT2D eigenvalue weighted by Crippen LogP contribution is -2.40.